The van der Waals surface area contributed by atoms with Gasteiger partial charge in [0.2, 0.25) is 0 Å². The van der Waals surface area contributed by atoms with Gasteiger partial charge in [0.15, 0.2) is 0 Å². The number of rotatable bonds is 3. The first-order chi connectivity index (χ1) is 10.3. The molecule has 0 spiro atoms. The zero-order chi connectivity index (χ0) is 15.8. The van der Waals surface area contributed by atoms with Crippen LogP contribution in [0.1, 0.15) is 46.1 Å². The quantitative estimate of drug-likeness (QED) is 0.868. The average molecular weight is 301 g/mol. The molecule has 0 saturated carbocycles. The lowest BCUT2D eigenvalue weighted by Gasteiger charge is -2.39. The van der Waals surface area contributed by atoms with Crippen LogP contribution in [0.15, 0.2) is 30.3 Å². The Morgan fingerprint density at radius 1 is 0.955 bits per heavy atom. The second-order valence-corrected chi connectivity index (χ2v) is 7.79. The Balaban J connectivity index is 1.83. The van der Waals surface area contributed by atoms with Crippen LogP contribution >= 0.6 is 0 Å². The molecule has 0 aromatic heterocycles. The lowest BCUT2D eigenvalue weighted by Crippen LogP contribution is -2.43. The molecule has 3 nitrogen and oxygen atoms in total. The minimum Gasteiger partial charge on any atom is -0.403 e. The van der Waals surface area contributed by atoms with Crippen molar-refractivity contribution in [3.8, 4) is 0 Å². The van der Waals surface area contributed by atoms with E-state index in [0.717, 1.165) is 32.3 Å². The number of hydrogen-bond acceptors (Lipinski definition) is 3. The Bertz CT molecular complexity index is 493. The predicted molar refractivity (Wildman–Crippen MR) is 91.1 cm³/mol. The van der Waals surface area contributed by atoms with Crippen LogP contribution in [0.25, 0.3) is 0 Å². The van der Waals surface area contributed by atoms with Gasteiger partial charge < -0.3 is 14.6 Å². The standard InChI is InChI=1S/C18H28BNO2/c1-16(2)17(3,4)22-19(21-16)14-18(10-12-20-13-11-18)15-8-6-5-7-9-15/h5-9,20H,10-14H2,1-4H3. The van der Waals surface area contributed by atoms with Crippen LogP contribution in [0, 0.1) is 0 Å². The van der Waals surface area contributed by atoms with Crippen LogP contribution in [0.3, 0.4) is 0 Å². The second kappa shape index (κ2) is 5.66. The minimum atomic E-state index is -0.248. The Labute approximate surface area is 134 Å². The van der Waals surface area contributed by atoms with Crippen molar-refractivity contribution in [2.24, 2.45) is 0 Å². The summed E-state index contributed by atoms with van der Waals surface area (Å²) >= 11 is 0. The van der Waals surface area contributed by atoms with E-state index >= 15 is 0 Å². The highest BCUT2D eigenvalue weighted by molar-refractivity contribution is 6.46. The van der Waals surface area contributed by atoms with Crippen LogP contribution in [0.5, 0.6) is 0 Å². The van der Waals surface area contributed by atoms with Crippen LogP contribution in [0.4, 0.5) is 0 Å². The van der Waals surface area contributed by atoms with E-state index in [0.29, 0.717) is 0 Å². The fourth-order valence-electron chi connectivity index (χ4n) is 3.68. The number of nitrogens with one attached hydrogen (secondary N) is 1. The van der Waals surface area contributed by atoms with Crippen molar-refractivity contribution in [2.75, 3.05) is 13.1 Å². The molecule has 1 aromatic rings. The molecule has 0 atom stereocenters. The van der Waals surface area contributed by atoms with E-state index in [-0.39, 0.29) is 23.7 Å². The van der Waals surface area contributed by atoms with Crippen molar-refractivity contribution < 1.29 is 9.31 Å². The van der Waals surface area contributed by atoms with E-state index < -0.39 is 0 Å². The molecule has 22 heavy (non-hydrogen) atoms. The van der Waals surface area contributed by atoms with Gasteiger partial charge in [-0.05, 0) is 70.9 Å². The predicted octanol–water partition coefficient (Wildman–Crippen LogP) is 3.40. The maximum absolute atomic E-state index is 6.27. The molecule has 2 aliphatic rings. The molecule has 0 amide bonds. The van der Waals surface area contributed by atoms with Gasteiger partial charge in [0, 0.05) is 0 Å². The normalized spacial score (nSPS) is 26.1. The van der Waals surface area contributed by atoms with Gasteiger partial charge in [-0.15, -0.1) is 0 Å². The first-order valence-corrected chi connectivity index (χ1v) is 8.47. The summed E-state index contributed by atoms with van der Waals surface area (Å²) in [5.74, 6) is 0. The largest absolute Gasteiger partial charge is 0.458 e. The first-order valence-electron chi connectivity index (χ1n) is 8.47. The van der Waals surface area contributed by atoms with E-state index in [1.165, 1.54) is 5.56 Å². The van der Waals surface area contributed by atoms with Gasteiger partial charge in [-0.3, -0.25) is 0 Å². The highest BCUT2D eigenvalue weighted by atomic mass is 16.7. The molecule has 0 aliphatic carbocycles. The van der Waals surface area contributed by atoms with E-state index in [9.17, 15) is 0 Å². The van der Waals surface area contributed by atoms with E-state index in [2.05, 4.69) is 63.3 Å². The molecule has 0 bridgehead atoms. The summed E-state index contributed by atoms with van der Waals surface area (Å²) in [6.07, 6.45) is 3.22. The van der Waals surface area contributed by atoms with Crippen molar-refractivity contribution in [2.45, 2.75) is 63.5 Å². The van der Waals surface area contributed by atoms with Gasteiger partial charge in [-0.1, -0.05) is 30.3 Å². The molecule has 0 radical (unpaired) electrons. The molecule has 2 aliphatic heterocycles. The van der Waals surface area contributed by atoms with Gasteiger partial charge in [-0.25, -0.2) is 0 Å². The molecule has 120 valence electrons. The van der Waals surface area contributed by atoms with Gasteiger partial charge in [0.1, 0.15) is 0 Å². The van der Waals surface area contributed by atoms with E-state index in [1.54, 1.807) is 0 Å². The zero-order valence-corrected chi connectivity index (χ0v) is 14.3. The average Bonchev–Trinajstić information content (AvgIpc) is 2.68. The maximum Gasteiger partial charge on any atom is 0.458 e. The molecule has 1 aromatic carbocycles. The molecule has 2 heterocycles. The summed E-state index contributed by atoms with van der Waals surface area (Å²) in [6.45, 7) is 10.6. The highest BCUT2D eigenvalue weighted by Crippen LogP contribution is 2.44. The van der Waals surface area contributed by atoms with Crippen LogP contribution in [0.2, 0.25) is 6.32 Å². The fraction of sp³-hybridized carbons (Fsp3) is 0.667. The van der Waals surface area contributed by atoms with Gasteiger partial charge in [0.05, 0.1) is 11.2 Å². The van der Waals surface area contributed by atoms with Crippen molar-refractivity contribution in [1.29, 1.82) is 0 Å². The number of hydrogen-bond donors (Lipinski definition) is 1. The maximum atomic E-state index is 6.27. The molecule has 1 N–H and O–H groups in total. The Morgan fingerprint density at radius 3 is 2.05 bits per heavy atom. The number of piperidine rings is 1. The smallest absolute Gasteiger partial charge is 0.403 e. The third-order valence-corrected chi connectivity index (χ3v) is 5.81. The minimum absolute atomic E-state index is 0.122. The topological polar surface area (TPSA) is 30.5 Å². The monoisotopic (exact) mass is 301 g/mol. The Hall–Kier alpha value is -0.835. The Morgan fingerprint density at radius 2 is 1.50 bits per heavy atom. The summed E-state index contributed by atoms with van der Waals surface area (Å²) < 4.78 is 12.5. The lowest BCUT2D eigenvalue weighted by atomic mass is 9.60. The first kappa shape index (κ1) is 16.0. The zero-order valence-electron chi connectivity index (χ0n) is 14.3. The molecule has 3 rings (SSSR count). The molecular formula is C18H28BNO2. The van der Waals surface area contributed by atoms with E-state index in [1.807, 2.05) is 0 Å². The molecule has 2 fully saturated rings. The van der Waals surface area contributed by atoms with Crippen LogP contribution in [-0.2, 0) is 14.7 Å². The second-order valence-electron chi connectivity index (χ2n) is 7.79. The van der Waals surface area contributed by atoms with Crippen molar-refractivity contribution >= 4 is 7.12 Å². The summed E-state index contributed by atoms with van der Waals surface area (Å²) in [7, 11) is -0.122. The van der Waals surface area contributed by atoms with Crippen molar-refractivity contribution in [3.63, 3.8) is 0 Å². The van der Waals surface area contributed by atoms with E-state index in [4.69, 9.17) is 9.31 Å². The molecule has 4 heteroatoms. The number of benzene rings is 1. The third-order valence-electron chi connectivity index (χ3n) is 5.81. The molecular weight excluding hydrogens is 273 g/mol. The fourth-order valence-corrected chi connectivity index (χ4v) is 3.68. The summed E-state index contributed by atoms with van der Waals surface area (Å²) in [5, 5.41) is 3.49. The SMILES string of the molecule is CC1(C)OB(CC2(c3ccccc3)CCNCC2)OC1(C)C. The van der Waals surface area contributed by atoms with Gasteiger partial charge in [0.25, 0.3) is 0 Å². The summed E-state index contributed by atoms with van der Waals surface area (Å²) in [5.41, 5.74) is 1.09. The van der Waals surface area contributed by atoms with Crippen molar-refractivity contribution in [3.05, 3.63) is 35.9 Å². The molecule has 2 saturated heterocycles. The molecule has 0 unspecified atom stereocenters. The van der Waals surface area contributed by atoms with Gasteiger partial charge >= 0.3 is 7.12 Å². The highest BCUT2D eigenvalue weighted by Gasteiger charge is 2.53. The van der Waals surface area contributed by atoms with Crippen LogP contribution in [-0.4, -0.2) is 31.4 Å². The van der Waals surface area contributed by atoms with Crippen molar-refractivity contribution in [1.82, 2.24) is 5.32 Å². The Kier molecular flexibility index (Phi) is 4.13. The third kappa shape index (κ3) is 2.84. The summed E-state index contributed by atoms with van der Waals surface area (Å²) in [6, 6.07) is 10.9. The van der Waals surface area contributed by atoms with Crippen LogP contribution < -0.4 is 5.32 Å². The van der Waals surface area contributed by atoms with Gasteiger partial charge in [-0.2, -0.15) is 0 Å². The lowest BCUT2D eigenvalue weighted by molar-refractivity contribution is 0.00578. The summed E-state index contributed by atoms with van der Waals surface area (Å²) in [4.78, 5) is 0.